The molecule has 1 aromatic carbocycles. The smallest absolute Gasteiger partial charge is 0.387 e. The van der Waals surface area contributed by atoms with Crippen molar-refractivity contribution in [3.05, 3.63) is 28.3 Å². The van der Waals surface area contributed by atoms with Gasteiger partial charge in [0.25, 0.3) is 0 Å². The molecule has 0 heterocycles. The van der Waals surface area contributed by atoms with Gasteiger partial charge in [-0.25, -0.2) is 0 Å². The number of nitrogens with one attached hydrogen (secondary N) is 1. The Bertz CT molecular complexity index is 479. The molecule has 0 aliphatic heterocycles. The van der Waals surface area contributed by atoms with Crippen LogP contribution in [-0.4, -0.2) is 28.8 Å². The van der Waals surface area contributed by atoms with E-state index in [9.17, 15) is 24.0 Å². The standard InChI is InChI=1S/C12H16F2N2O4/c1-3-12(2,7-17)15-8-4-5-9(16(18)19)10(6-8)20-11(13)14/h4-6,11,15,17H,3,7H2,1-2H3. The van der Waals surface area contributed by atoms with Crippen LogP contribution in [-0.2, 0) is 0 Å². The summed E-state index contributed by atoms with van der Waals surface area (Å²) in [6.07, 6.45) is 0.575. The molecule has 112 valence electrons. The van der Waals surface area contributed by atoms with Crippen LogP contribution in [0.15, 0.2) is 18.2 Å². The van der Waals surface area contributed by atoms with Crippen LogP contribution in [0.2, 0.25) is 0 Å². The highest BCUT2D eigenvalue weighted by molar-refractivity contribution is 5.58. The molecule has 0 saturated carbocycles. The summed E-state index contributed by atoms with van der Waals surface area (Å²) in [6.45, 7) is 0.248. The summed E-state index contributed by atoms with van der Waals surface area (Å²) in [5, 5.41) is 23.0. The fourth-order valence-corrected chi connectivity index (χ4v) is 1.52. The van der Waals surface area contributed by atoms with E-state index in [0.717, 1.165) is 12.1 Å². The van der Waals surface area contributed by atoms with E-state index in [0.29, 0.717) is 12.1 Å². The molecule has 0 aliphatic carbocycles. The fraction of sp³-hybridized carbons (Fsp3) is 0.500. The van der Waals surface area contributed by atoms with Crippen molar-refractivity contribution in [2.24, 2.45) is 0 Å². The van der Waals surface area contributed by atoms with Crippen molar-refractivity contribution >= 4 is 11.4 Å². The third-order valence-electron chi connectivity index (χ3n) is 2.95. The molecule has 2 N–H and O–H groups in total. The van der Waals surface area contributed by atoms with E-state index in [2.05, 4.69) is 10.1 Å². The minimum absolute atomic E-state index is 0.175. The van der Waals surface area contributed by atoms with E-state index >= 15 is 0 Å². The zero-order valence-electron chi connectivity index (χ0n) is 11.1. The van der Waals surface area contributed by atoms with Crippen LogP contribution < -0.4 is 10.1 Å². The fourth-order valence-electron chi connectivity index (χ4n) is 1.52. The molecule has 20 heavy (non-hydrogen) atoms. The topological polar surface area (TPSA) is 84.6 Å². The van der Waals surface area contributed by atoms with Gasteiger partial charge in [0.15, 0.2) is 0 Å². The number of nitro benzene ring substituents is 1. The quantitative estimate of drug-likeness (QED) is 0.596. The second-order valence-electron chi connectivity index (χ2n) is 4.52. The number of aliphatic hydroxyl groups excluding tert-OH is 1. The largest absolute Gasteiger partial charge is 0.427 e. The zero-order chi connectivity index (χ0) is 15.3. The van der Waals surface area contributed by atoms with Crippen molar-refractivity contribution in [2.45, 2.75) is 32.4 Å². The lowest BCUT2D eigenvalue weighted by atomic mass is 10.00. The van der Waals surface area contributed by atoms with Crippen LogP contribution in [0.4, 0.5) is 20.2 Å². The number of anilines is 1. The molecule has 0 spiro atoms. The van der Waals surface area contributed by atoms with Gasteiger partial charge in [-0.15, -0.1) is 0 Å². The van der Waals surface area contributed by atoms with Gasteiger partial charge < -0.3 is 15.2 Å². The van der Waals surface area contributed by atoms with Crippen LogP contribution in [0.1, 0.15) is 20.3 Å². The lowest BCUT2D eigenvalue weighted by Crippen LogP contribution is -2.37. The Balaban J connectivity index is 3.09. The molecule has 0 saturated heterocycles. The van der Waals surface area contributed by atoms with Crippen molar-refractivity contribution in [3.8, 4) is 5.75 Å². The van der Waals surface area contributed by atoms with Gasteiger partial charge in [-0.1, -0.05) is 6.92 Å². The zero-order valence-corrected chi connectivity index (χ0v) is 11.1. The number of halogens is 2. The van der Waals surface area contributed by atoms with Crippen LogP contribution >= 0.6 is 0 Å². The molecule has 6 nitrogen and oxygen atoms in total. The summed E-state index contributed by atoms with van der Waals surface area (Å²) in [7, 11) is 0. The number of aliphatic hydroxyl groups is 1. The van der Waals surface area contributed by atoms with E-state index in [1.807, 2.05) is 6.92 Å². The Kier molecular flexibility index (Phi) is 5.20. The first-order chi connectivity index (χ1) is 9.31. The third-order valence-corrected chi connectivity index (χ3v) is 2.95. The minimum atomic E-state index is -3.15. The average molecular weight is 290 g/mol. The van der Waals surface area contributed by atoms with E-state index in [4.69, 9.17) is 0 Å². The Morgan fingerprint density at radius 1 is 1.55 bits per heavy atom. The summed E-state index contributed by atoms with van der Waals surface area (Å²) in [5.74, 6) is -0.522. The number of nitrogens with zero attached hydrogens (tertiary/aromatic N) is 1. The number of benzene rings is 1. The van der Waals surface area contributed by atoms with Crippen LogP contribution in [0, 0.1) is 10.1 Å². The third kappa shape index (κ3) is 4.02. The number of nitro groups is 1. The Morgan fingerprint density at radius 2 is 2.20 bits per heavy atom. The number of hydrogen-bond donors (Lipinski definition) is 2. The highest BCUT2D eigenvalue weighted by Gasteiger charge is 2.23. The summed E-state index contributed by atoms with van der Waals surface area (Å²) in [5.41, 5.74) is -0.846. The van der Waals surface area contributed by atoms with Gasteiger partial charge in [0.1, 0.15) is 0 Å². The second kappa shape index (κ2) is 6.47. The molecule has 0 fully saturated rings. The molecule has 8 heteroatoms. The molecule has 1 rings (SSSR count). The lowest BCUT2D eigenvalue weighted by Gasteiger charge is -2.28. The maximum absolute atomic E-state index is 12.3. The maximum atomic E-state index is 12.3. The van der Waals surface area contributed by atoms with Gasteiger partial charge in [0.2, 0.25) is 5.75 Å². The predicted molar refractivity (Wildman–Crippen MR) is 69.1 cm³/mol. The average Bonchev–Trinajstić information content (AvgIpc) is 2.37. The van der Waals surface area contributed by atoms with E-state index in [1.165, 1.54) is 6.07 Å². The van der Waals surface area contributed by atoms with Gasteiger partial charge >= 0.3 is 12.3 Å². The SMILES string of the molecule is CCC(C)(CO)Nc1ccc([N+](=O)[O-])c(OC(F)F)c1. The number of ether oxygens (including phenoxy) is 1. The monoisotopic (exact) mass is 290 g/mol. The molecule has 1 atom stereocenters. The van der Waals surface area contributed by atoms with E-state index < -0.39 is 28.5 Å². The highest BCUT2D eigenvalue weighted by atomic mass is 19.3. The van der Waals surface area contributed by atoms with Crippen molar-refractivity contribution in [2.75, 3.05) is 11.9 Å². The molecule has 0 aliphatic rings. The van der Waals surface area contributed by atoms with Crippen molar-refractivity contribution in [1.82, 2.24) is 0 Å². The normalized spacial score (nSPS) is 13.9. The Hall–Kier alpha value is -1.96. The lowest BCUT2D eigenvalue weighted by molar-refractivity contribution is -0.386. The first-order valence-electron chi connectivity index (χ1n) is 5.93. The van der Waals surface area contributed by atoms with Crippen LogP contribution in [0.3, 0.4) is 0 Å². The summed E-state index contributed by atoms with van der Waals surface area (Å²) < 4.78 is 28.7. The molecular formula is C12H16F2N2O4. The minimum Gasteiger partial charge on any atom is -0.427 e. The van der Waals surface area contributed by atoms with Crippen molar-refractivity contribution in [3.63, 3.8) is 0 Å². The van der Waals surface area contributed by atoms with Crippen molar-refractivity contribution < 1.29 is 23.5 Å². The van der Waals surface area contributed by atoms with Gasteiger partial charge in [0.05, 0.1) is 17.1 Å². The molecule has 0 radical (unpaired) electrons. The summed E-state index contributed by atoms with van der Waals surface area (Å²) >= 11 is 0. The second-order valence-corrected chi connectivity index (χ2v) is 4.52. The van der Waals surface area contributed by atoms with E-state index in [1.54, 1.807) is 6.92 Å². The Labute approximate surface area is 114 Å². The van der Waals surface area contributed by atoms with Gasteiger partial charge in [-0.05, 0) is 19.4 Å². The molecule has 0 aromatic heterocycles. The highest BCUT2D eigenvalue weighted by Crippen LogP contribution is 2.32. The number of hydrogen-bond acceptors (Lipinski definition) is 5. The molecule has 0 amide bonds. The predicted octanol–water partition coefficient (Wildman–Crippen LogP) is 2.77. The van der Waals surface area contributed by atoms with Crippen LogP contribution in [0.25, 0.3) is 0 Å². The van der Waals surface area contributed by atoms with Crippen molar-refractivity contribution in [1.29, 1.82) is 0 Å². The molecular weight excluding hydrogens is 274 g/mol. The maximum Gasteiger partial charge on any atom is 0.387 e. The van der Waals surface area contributed by atoms with Crippen LogP contribution in [0.5, 0.6) is 5.75 Å². The molecule has 1 aromatic rings. The van der Waals surface area contributed by atoms with E-state index in [-0.39, 0.29) is 6.61 Å². The number of rotatable bonds is 7. The first-order valence-corrected chi connectivity index (χ1v) is 5.93. The summed E-state index contributed by atoms with van der Waals surface area (Å²) in [4.78, 5) is 9.93. The van der Waals surface area contributed by atoms with Gasteiger partial charge in [0, 0.05) is 17.8 Å². The van der Waals surface area contributed by atoms with Gasteiger partial charge in [-0.3, -0.25) is 10.1 Å². The first kappa shape index (κ1) is 16.1. The van der Waals surface area contributed by atoms with Gasteiger partial charge in [-0.2, -0.15) is 8.78 Å². The summed E-state index contributed by atoms with van der Waals surface area (Å²) in [6, 6.07) is 3.57. The number of alkyl halides is 2. The Morgan fingerprint density at radius 3 is 2.65 bits per heavy atom. The molecule has 0 bridgehead atoms. The molecule has 1 unspecified atom stereocenters.